The first-order valence-corrected chi connectivity index (χ1v) is 5.21. The smallest absolute Gasteiger partial charge is 0.257 e. The highest BCUT2D eigenvalue weighted by atomic mass is 19.2. The van der Waals surface area contributed by atoms with Crippen LogP contribution in [-0.4, -0.2) is 28.9 Å². The number of carbonyl (C=O) groups is 1. The second-order valence-corrected chi connectivity index (χ2v) is 3.35. The molecule has 88 valence electrons. The second kappa shape index (κ2) is 5.53. The zero-order valence-corrected chi connectivity index (χ0v) is 9.33. The van der Waals surface area contributed by atoms with Crippen LogP contribution in [0.4, 0.5) is 8.78 Å². The van der Waals surface area contributed by atoms with Crippen LogP contribution in [0, 0.1) is 11.8 Å². The number of hydrogen-bond donors (Lipinski definition) is 0. The van der Waals surface area contributed by atoms with Crippen molar-refractivity contribution in [3.63, 3.8) is 0 Å². The summed E-state index contributed by atoms with van der Waals surface area (Å²) in [6, 6.07) is 1.19. The molecule has 0 aliphatic carbocycles. The lowest BCUT2D eigenvalue weighted by Crippen LogP contribution is -2.32. The number of hydrogen-bond acceptors (Lipinski definition) is 2. The van der Waals surface area contributed by atoms with Gasteiger partial charge >= 0.3 is 0 Å². The van der Waals surface area contributed by atoms with E-state index in [1.54, 1.807) is 6.92 Å². The van der Waals surface area contributed by atoms with Crippen LogP contribution in [0.3, 0.4) is 0 Å². The fourth-order valence-corrected chi connectivity index (χ4v) is 1.43. The largest absolute Gasteiger partial charge is 0.339 e. The number of halogens is 2. The predicted molar refractivity (Wildman–Crippen MR) is 56.0 cm³/mol. The molecule has 0 radical (unpaired) electrons. The third kappa shape index (κ3) is 2.53. The molecule has 0 aliphatic heterocycles. The zero-order chi connectivity index (χ0) is 12.1. The van der Waals surface area contributed by atoms with Gasteiger partial charge in [-0.3, -0.25) is 4.79 Å². The van der Waals surface area contributed by atoms with Crippen LogP contribution in [0.1, 0.15) is 30.6 Å². The van der Waals surface area contributed by atoms with Gasteiger partial charge in [-0.2, -0.15) is 4.39 Å². The Kier molecular flexibility index (Phi) is 4.34. The van der Waals surface area contributed by atoms with E-state index in [0.29, 0.717) is 13.1 Å². The quantitative estimate of drug-likeness (QED) is 0.740. The molecule has 0 N–H and O–H groups in total. The van der Waals surface area contributed by atoms with Gasteiger partial charge < -0.3 is 4.90 Å². The average molecular weight is 228 g/mol. The molecule has 0 aromatic carbocycles. The number of aromatic nitrogens is 1. The van der Waals surface area contributed by atoms with E-state index in [1.807, 2.05) is 6.92 Å². The van der Waals surface area contributed by atoms with Crippen molar-refractivity contribution in [2.45, 2.75) is 20.3 Å². The molecule has 5 heteroatoms. The van der Waals surface area contributed by atoms with Crippen molar-refractivity contribution in [3.8, 4) is 0 Å². The van der Waals surface area contributed by atoms with Gasteiger partial charge in [0.25, 0.3) is 5.91 Å². The number of nitrogens with zero attached hydrogens (tertiary/aromatic N) is 2. The van der Waals surface area contributed by atoms with Crippen molar-refractivity contribution in [2.75, 3.05) is 13.1 Å². The second-order valence-electron chi connectivity index (χ2n) is 3.35. The average Bonchev–Trinajstić information content (AvgIpc) is 2.29. The van der Waals surface area contributed by atoms with E-state index in [2.05, 4.69) is 4.98 Å². The summed E-state index contributed by atoms with van der Waals surface area (Å²) in [5.74, 6) is -2.91. The van der Waals surface area contributed by atoms with E-state index in [-0.39, 0.29) is 5.56 Å². The van der Waals surface area contributed by atoms with Gasteiger partial charge in [-0.15, -0.1) is 0 Å². The molecule has 0 saturated heterocycles. The maximum absolute atomic E-state index is 13.3. The van der Waals surface area contributed by atoms with Crippen LogP contribution < -0.4 is 0 Å². The van der Waals surface area contributed by atoms with Crippen LogP contribution >= 0.6 is 0 Å². The third-order valence-corrected chi connectivity index (χ3v) is 2.24. The van der Waals surface area contributed by atoms with Crippen molar-refractivity contribution in [2.24, 2.45) is 0 Å². The molecule has 1 rings (SSSR count). The molecule has 0 aliphatic rings. The number of rotatable bonds is 4. The third-order valence-electron chi connectivity index (χ3n) is 2.24. The molecule has 0 atom stereocenters. The monoisotopic (exact) mass is 228 g/mol. The Balaban J connectivity index is 2.99. The number of carbonyl (C=O) groups excluding carboxylic acids is 1. The minimum Gasteiger partial charge on any atom is -0.339 e. The molecule has 0 bridgehead atoms. The molecule has 1 aromatic heterocycles. The van der Waals surface area contributed by atoms with Crippen molar-refractivity contribution >= 4 is 5.91 Å². The Hall–Kier alpha value is -1.52. The van der Waals surface area contributed by atoms with Crippen LogP contribution in [0.2, 0.25) is 0 Å². The van der Waals surface area contributed by atoms with Crippen molar-refractivity contribution < 1.29 is 13.6 Å². The summed E-state index contributed by atoms with van der Waals surface area (Å²) >= 11 is 0. The molecule has 1 amide bonds. The van der Waals surface area contributed by atoms with Crippen LogP contribution in [-0.2, 0) is 0 Å². The van der Waals surface area contributed by atoms with Gasteiger partial charge in [0.2, 0.25) is 5.95 Å². The Labute approximate surface area is 93.1 Å². The van der Waals surface area contributed by atoms with Crippen LogP contribution in [0.25, 0.3) is 0 Å². The summed E-state index contributed by atoms with van der Waals surface area (Å²) < 4.78 is 26.1. The van der Waals surface area contributed by atoms with Gasteiger partial charge in [0.05, 0.1) is 5.56 Å². The Bertz CT molecular complexity index is 382. The molecular formula is C11H14F2N2O. The van der Waals surface area contributed by atoms with Gasteiger partial charge in [0.15, 0.2) is 5.82 Å². The maximum atomic E-state index is 13.3. The molecule has 0 unspecified atom stereocenters. The first kappa shape index (κ1) is 12.5. The SMILES string of the molecule is CCCN(CC)C(=O)c1ccnc(F)c1F. The fourth-order valence-electron chi connectivity index (χ4n) is 1.43. The van der Waals surface area contributed by atoms with Crippen LogP contribution in [0.5, 0.6) is 0 Å². The van der Waals surface area contributed by atoms with Gasteiger partial charge in [-0.05, 0) is 19.4 Å². The zero-order valence-electron chi connectivity index (χ0n) is 9.33. The molecule has 0 fully saturated rings. The topological polar surface area (TPSA) is 33.2 Å². The minimum absolute atomic E-state index is 0.261. The van der Waals surface area contributed by atoms with Crippen molar-refractivity contribution in [1.82, 2.24) is 9.88 Å². The van der Waals surface area contributed by atoms with Crippen LogP contribution in [0.15, 0.2) is 12.3 Å². The van der Waals surface area contributed by atoms with E-state index in [0.717, 1.165) is 12.6 Å². The summed E-state index contributed by atoms with van der Waals surface area (Å²) in [4.78, 5) is 16.4. The van der Waals surface area contributed by atoms with E-state index in [4.69, 9.17) is 0 Å². The fraction of sp³-hybridized carbons (Fsp3) is 0.455. The summed E-state index contributed by atoms with van der Waals surface area (Å²) in [6.45, 7) is 4.71. The Morgan fingerprint density at radius 1 is 1.44 bits per heavy atom. The minimum atomic E-state index is -1.24. The molecule has 0 saturated carbocycles. The summed E-state index contributed by atoms with van der Waals surface area (Å²) in [6.07, 6.45) is 1.86. The first-order chi connectivity index (χ1) is 7.61. The van der Waals surface area contributed by atoms with E-state index in [9.17, 15) is 13.6 Å². The molecular weight excluding hydrogens is 214 g/mol. The lowest BCUT2D eigenvalue weighted by molar-refractivity contribution is 0.0758. The number of pyridine rings is 1. The predicted octanol–water partition coefficient (Wildman–Crippen LogP) is 2.23. The van der Waals surface area contributed by atoms with Crippen molar-refractivity contribution in [3.05, 3.63) is 29.6 Å². The highest BCUT2D eigenvalue weighted by Gasteiger charge is 2.20. The molecule has 1 heterocycles. The molecule has 1 aromatic rings. The molecule has 3 nitrogen and oxygen atoms in total. The van der Waals surface area contributed by atoms with E-state index < -0.39 is 17.7 Å². The van der Waals surface area contributed by atoms with E-state index >= 15 is 0 Å². The highest BCUT2D eigenvalue weighted by Crippen LogP contribution is 2.12. The van der Waals surface area contributed by atoms with Crippen molar-refractivity contribution in [1.29, 1.82) is 0 Å². The van der Waals surface area contributed by atoms with Gasteiger partial charge in [0, 0.05) is 19.3 Å². The van der Waals surface area contributed by atoms with E-state index in [1.165, 1.54) is 11.0 Å². The highest BCUT2D eigenvalue weighted by molar-refractivity contribution is 5.94. The molecule has 0 spiro atoms. The lowest BCUT2D eigenvalue weighted by atomic mass is 10.2. The maximum Gasteiger partial charge on any atom is 0.257 e. The summed E-state index contributed by atoms with van der Waals surface area (Å²) in [5, 5.41) is 0. The standard InChI is InChI=1S/C11H14F2N2O/c1-3-7-15(4-2)11(16)8-5-6-14-10(13)9(8)12/h5-6H,3-4,7H2,1-2H3. The Morgan fingerprint density at radius 2 is 2.12 bits per heavy atom. The summed E-state index contributed by atoms with van der Waals surface area (Å²) in [5.41, 5.74) is -0.261. The van der Waals surface area contributed by atoms with Gasteiger partial charge in [-0.25, -0.2) is 9.37 Å². The van der Waals surface area contributed by atoms with Gasteiger partial charge in [0.1, 0.15) is 0 Å². The lowest BCUT2D eigenvalue weighted by Gasteiger charge is -2.20. The van der Waals surface area contributed by atoms with Gasteiger partial charge in [-0.1, -0.05) is 6.92 Å². The summed E-state index contributed by atoms with van der Waals surface area (Å²) in [7, 11) is 0. The molecule has 16 heavy (non-hydrogen) atoms. The Morgan fingerprint density at radius 3 is 2.69 bits per heavy atom. The first-order valence-electron chi connectivity index (χ1n) is 5.21. The number of amides is 1. The normalized spacial score (nSPS) is 10.2.